The van der Waals surface area contributed by atoms with E-state index in [1.807, 2.05) is 17.7 Å². The van der Waals surface area contributed by atoms with Crippen LogP contribution in [0.2, 0.25) is 0 Å². The Morgan fingerprint density at radius 3 is 2.83 bits per heavy atom. The first-order valence-electron chi connectivity index (χ1n) is 3.66. The summed E-state index contributed by atoms with van der Waals surface area (Å²) in [6.45, 7) is 2.71. The van der Waals surface area contributed by atoms with Crippen LogP contribution in [-0.4, -0.2) is 25.8 Å². The SMILES string of the molecule is Cc1c[nH]c(=S)n1CCS(C)=O. The molecule has 12 heavy (non-hydrogen) atoms. The Hall–Kier alpha value is -0.420. The van der Waals surface area contributed by atoms with Gasteiger partial charge in [-0.25, -0.2) is 0 Å². The highest BCUT2D eigenvalue weighted by molar-refractivity contribution is 7.84. The van der Waals surface area contributed by atoms with E-state index >= 15 is 0 Å². The van der Waals surface area contributed by atoms with Crippen molar-refractivity contribution < 1.29 is 4.21 Å². The third-order valence-electron chi connectivity index (χ3n) is 1.68. The van der Waals surface area contributed by atoms with Crippen molar-refractivity contribution in [3.63, 3.8) is 0 Å². The minimum absolute atomic E-state index is 0.660. The van der Waals surface area contributed by atoms with Gasteiger partial charge in [0.15, 0.2) is 4.77 Å². The summed E-state index contributed by atoms with van der Waals surface area (Å²) in [4.78, 5) is 2.94. The van der Waals surface area contributed by atoms with Crippen LogP contribution in [0.3, 0.4) is 0 Å². The number of H-pyrrole nitrogens is 1. The normalized spacial score (nSPS) is 13.2. The van der Waals surface area contributed by atoms with Crippen LogP contribution in [0.25, 0.3) is 0 Å². The summed E-state index contributed by atoms with van der Waals surface area (Å²) in [6.07, 6.45) is 3.56. The first kappa shape index (κ1) is 9.67. The Balaban J connectivity index is 2.75. The molecule has 1 atom stereocenters. The molecule has 0 saturated heterocycles. The fraction of sp³-hybridized carbons (Fsp3) is 0.571. The average molecular weight is 204 g/mol. The largest absolute Gasteiger partial charge is 0.337 e. The van der Waals surface area contributed by atoms with Crippen molar-refractivity contribution in [2.75, 3.05) is 12.0 Å². The fourth-order valence-electron chi connectivity index (χ4n) is 0.980. The van der Waals surface area contributed by atoms with Crippen molar-refractivity contribution in [1.29, 1.82) is 0 Å². The maximum Gasteiger partial charge on any atom is 0.177 e. The van der Waals surface area contributed by atoms with Crippen LogP contribution in [0, 0.1) is 11.7 Å². The predicted molar refractivity (Wildman–Crippen MR) is 53.3 cm³/mol. The number of aromatic nitrogens is 2. The second-order valence-electron chi connectivity index (χ2n) is 2.66. The van der Waals surface area contributed by atoms with Crippen molar-refractivity contribution in [2.45, 2.75) is 13.5 Å². The van der Waals surface area contributed by atoms with Gasteiger partial charge < -0.3 is 9.55 Å². The third-order valence-corrected chi connectivity index (χ3v) is 2.77. The fourth-order valence-corrected chi connectivity index (χ4v) is 1.71. The van der Waals surface area contributed by atoms with E-state index in [9.17, 15) is 4.21 Å². The van der Waals surface area contributed by atoms with Gasteiger partial charge in [0.25, 0.3) is 0 Å². The summed E-state index contributed by atoms with van der Waals surface area (Å²) in [5.41, 5.74) is 1.09. The van der Waals surface area contributed by atoms with Gasteiger partial charge in [-0.2, -0.15) is 0 Å². The smallest absolute Gasteiger partial charge is 0.177 e. The molecule has 5 heteroatoms. The Kier molecular flexibility index (Phi) is 3.22. The van der Waals surface area contributed by atoms with Gasteiger partial charge >= 0.3 is 0 Å². The maximum atomic E-state index is 10.8. The first-order valence-corrected chi connectivity index (χ1v) is 5.79. The third kappa shape index (κ3) is 2.28. The van der Waals surface area contributed by atoms with Crippen molar-refractivity contribution in [3.05, 3.63) is 16.7 Å². The molecule has 1 unspecified atom stereocenters. The molecule has 3 nitrogen and oxygen atoms in total. The minimum Gasteiger partial charge on any atom is -0.337 e. The molecule has 0 aliphatic carbocycles. The topological polar surface area (TPSA) is 37.8 Å². The molecule has 0 bridgehead atoms. The zero-order chi connectivity index (χ0) is 9.14. The molecular formula is C7H12N2OS2. The lowest BCUT2D eigenvalue weighted by Crippen LogP contribution is -2.07. The molecule has 68 valence electrons. The molecule has 0 saturated carbocycles. The first-order chi connectivity index (χ1) is 5.61. The van der Waals surface area contributed by atoms with Crippen LogP contribution in [0.15, 0.2) is 6.20 Å². The molecule has 1 heterocycles. The van der Waals surface area contributed by atoms with Crippen molar-refractivity contribution in [3.8, 4) is 0 Å². The molecule has 0 aromatic carbocycles. The lowest BCUT2D eigenvalue weighted by Gasteiger charge is -2.02. The monoisotopic (exact) mass is 204 g/mol. The number of aromatic amines is 1. The van der Waals surface area contributed by atoms with Crippen LogP contribution in [0.1, 0.15) is 5.69 Å². The second-order valence-corrected chi connectivity index (χ2v) is 4.61. The Morgan fingerprint density at radius 2 is 2.42 bits per heavy atom. The predicted octanol–water partition coefficient (Wildman–Crippen LogP) is 1.23. The number of nitrogens with zero attached hydrogens (tertiary/aromatic N) is 1. The average Bonchev–Trinajstić information content (AvgIpc) is 2.28. The minimum atomic E-state index is -0.748. The van der Waals surface area contributed by atoms with Crippen molar-refractivity contribution in [2.24, 2.45) is 0 Å². The molecule has 1 aromatic heterocycles. The van der Waals surface area contributed by atoms with Crippen LogP contribution in [-0.2, 0) is 17.3 Å². The Morgan fingerprint density at radius 1 is 1.75 bits per heavy atom. The van der Waals surface area contributed by atoms with Gasteiger partial charge in [0, 0.05) is 41.2 Å². The lowest BCUT2D eigenvalue weighted by molar-refractivity contribution is 0.672. The van der Waals surface area contributed by atoms with E-state index in [0.717, 1.165) is 12.2 Å². The van der Waals surface area contributed by atoms with Gasteiger partial charge in [0.2, 0.25) is 0 Å². The Labute approximate surface area is 79.3 Å². The molecule has 0 radical (unpaired) electrons. The number of nitrogens with one attached hydrogen (secondary N) is 1. The van der Waals surface area contributed by atoms with Gasteiger partial charge in [-0.05, 0) is 19.1 Å². The molecule has 0 aliphatic heterocycles. The van der Waals surface area contributed by atoms with Crippen LogP contribution in [0.5, 0.6) is 0 Å². The van der Waals surface area contributed by atoms with Gasteiger partial charge in [-0.15, -0.1) is 0 Å². The molecular weight excluding hydrogens is 192 g/mol. The highest BCUT2D eigenvalue weighted by Crippen LogP contribution is 1.99. The van der Waals surface area contributed by atoms with E-state index < -0.39 is 10.8 Å². The highest BCUT2D eigenvalue weighted by atomic mass is 32.2. The van der Waals surface area contributed by atoms with Crippen LogP contribution < -0.4 is 0 Å². The molecule has 0 spiro atoms. The summed E-state index contributed by atoms with van der Waals surface area (Å²) < 4.78 is 13.5. The zero-order valence-electron chi connectivity index (χ0n) is 7.16. The summed E-state index contributed by atoms with van der Waals surface area (Å²) in [7, 11) is -0.748. The van der Waals surface area contributed by atoms with E-state index in [1.165, 1.54) is 0 Å². The highest BCUT2D eigenvalue weighted by Gasteiger charge is 1.99. The molecule has 1 aromatic rings. The van der Waals surface area contributed by atoms with Gasteiger partial charge in [0.1, 0.15) is 0 Å². The molecule has 1 N–H and O–H groups in total. The van der Waals surface area contributed by atoms with Crippen molar-refractivity contribution >= 4 is 23.0 Å². The standard InChI is InChI=1S/C7H12N2OS2/c1-6-5-8-7(11)9(6)3-4-12(2)10/h5H,3-4H2,1-2H3,(H,8,11). The number of imidazole rings is 1. The summed E-state index contributed by atoms with van der Waals surface area (Å²) in [6, 6.07) is 0. The summed E-state index contributed by atoms with van der Waals surface area (Å²) in [5, 5.41) is 0. The van der Waals surface area contributed by atoms with E-state index in [4.69, 9.17) is 12.2 Å². The van der Waals surface area contributed by atoms with Crippen LogP contribution in [0.4, 0.5) is 0 Å². The second kappa shape index (κ2) is 4.00. The van der Waals surface area contributed by atoms with Gasteiger partial charge in [0.05, 0.1) is 0 Å². The molecule has 0 aliphatic rings. The zero-order valence-corrected chi connectivity index (χ0v) is 8.80. The number of rotatable bonds is 3. The Bertz CT molecular complexity index is 339. The molecule has 1 rings (SSSR count). The summed E-state index contributed by atoms with van der Waals surface area (Å²) in [5.74, 6) is 0.660. The van der Waals surface area contributed by atoms with E-state index in [-0.39, 0.29) is 0 Å². The van der Waals surface area contributed by atoms with E-state index in [0.29, 0.717) is 10.5 Å². The maximum absolute atomic E-state index is 10.8. The molecule has 0 fully saturated rings. The van der Waals surface area contributed by atoms with Crippen LogP contribution >= 0.6 is 12.2 Å². The van der Waals surface area contributed by atoms with Crippen molar-refractivity contribution in [1.82, 2.24) is 9.55 Å². The summed E-state index contributed by atoms with van der Waals surface area (Å²) >= 11 is 5.03. The number of hydrogen-bond acceptors (Lipinski definition) is 2. The lowest BCUT2D eigenvalue weighted by atomic mass is 10.5. The number of hydrogen-bond donors (Lipinski definition) is 1. The molecule has 0 amide bonds. The number of aryl methyl sites for hydroxylation is 1. The van der Waals surface area contributed by atoms with E-state index in [1.54, 1.807) is 6.26 Å². The van der Waals surface area contributed by atoms with E-state index in [2.05, 4.69) is 4.98 Å². The quantitative estimate of drug-likeness (QED) is 0.752. The van der Waals surface area contributed by atoms with Gasteiger partial charge in [-0.3, -0.25) is 4.21 Å². The van der Waals surface area contributed by atoms with Gasteiger partial charge in [-0.1, -0.05) is 0 Å².